The van der Waals surface area contributed by atoms with E-state index >= 15 is 0 Å². The van der Waals surface area contributed by atoms with Crippen molar-refractivity contribution in [3.63, 3.8) is 0 Å². The minimum atomic E-state index is 0.809. The molecule has 2 heteroatoms. The highest BCUT2D eigenvalue weighted by Gasteiger charge is 2.04. The van der Waals surface area contributed by atoms with Crippen molar-refractivity contribution < 1.29 is 4.74 Å². The number of nitrogens with zero attached hydrogens (tertiary/aromatic N) is 1. The molecule has 0 aliphatic carbocycles. The maximum Gasteiger partial charge on any atom is 0.119 e. The van der Waals surface area contributed by atoms with Crippen LogP contribution in [-0.4, -0.2) is 25.6 Å². The van der Waals surface area contributed by atoms with Crippen molar-refractivity contribution in [2.45, 2.75) is 70.8 Å². The summed E-state index contributed by atoms with van der Waals surface area (Å²) in [6, 6.07) is 6.80. The predicted octanol–water partition coefficient (Wildman–Crippen LogP) is 6.55. The summed E-state index contributed by atoms with van der Waals surface area (Å²) >= 11 is 0. The molecule has 0 atom stereocenters. The summed E-state index contributed by atoms with van der Waals surface area (Å²) < 4.78 is 6.05. The molecule has 2 nitrogen and oxygen atoms in total. The van der Waals surface area contributed by atoms with Crippen molar-refractivity contribution in [3.05, 3.63) is 54.6 Å². The SMILES string of the molecule is C=CCCCCCCc1cc(CN(C)C)cc(OCCCCCC=C)c1. The molecule has 0 saturated heterocycles. The van der Waals surface area contributed by atoms with E-state index in [9.17, 15) is 0 Å². The molecule has 0 aromatic heterocycles. The Labute approximate surface area is 161 Å². The lowest BCUT2D eigenvalue weighted by molar-refractivity contribution is 0.304. The molecule has 0 amide bonds. The lowest BCUT2D eigenvalue weighted by Crippen LogP contribution is -2.11. The Morgan fingerprint density at radius 1 is 0.808 bits per heavy atom. The zero-order valence-electron chi connectivity index (χ0n) is 17.1. The van der Waals surface area contributed by atoms with Gasteiger partial charge in [-0.05, 0) is 88.7 Å². The van der Waals surface area contributed by atoms with Gasteiger partial charge in [-0.15, -0.1) is 13.2 Å². The van der Waals surface area contributed by atoms with E-state index in [0.717, 1.165) is 44.6 Å². The Kier molecular flexibility index (Phi) is 12.6. The fourth-order valence-corrected chi connectivity index (χ4v) is 3.14. The summed E-state index contributed by atoms with van der Waals surface area (Å²) in [5, 5.41) is 0. The van der Waals surface area contributed by atoms with Crippen LogP contribution in [0.2, 0.25) is 0 Å². The van der Waals surface area contributed by atoms with E-state index in [4.69, 9.17) is 4.74 Å². The molecule has 1 aromatic rings. The molecule has 0 aliphatic rings. The molecule has 1 aromatic carbocycles. The van der Waals surface area contributed by atoms with E-state index < -0.39 is 0 Å². The molecule has 26 heavy (non-hydrogen) atoms. The van der Waals surface area contributed by atoms with E-state index in [1.165, 1.54) is 49.7 Å². The lowest BCUT2D eigenvalue weighted by atomic mass is 10.0. The second kappa shape index (κ2) is 14.6. The third-order valence-corrected chi connectivity index (χ3v) is 4.47. The van der Waals surface area contributed by atoms with E-state index in [1.807, 2.05) is 12.2 Å². The second-order valence-corrected chi connectivity index (χ2v) is 7.45. The van der Waals surface area contributed by atoms with Crippen molar-refractivity contribution in [3.8, 4) is 5.75 Å². The van der Waals surface area contributed by atoms with Crippen molar-refractivity contribution in [1.29, 1.82) is 0 Å². The fourth-order valence-electron chi connectivity index (χ4n) is 3.14. The Morgan fingerprint density at radius 3 is 2.08 bits per heavy atom. The monoisotopic (exact) mass is 357 g/mol. The first-order chi connectivity index (χ1) is 12.7. The highest BCUT2D eigenvalue weighted by molar-refractivity contribution is 5.34. The molecule has 1 rings (SSSR count). The van der Waals surface area contributed by atoms with Crippen molar-refractivity contribution >= 4 is 0 Å². The minimum Gasteiger partial charge on any atom is -0.494 e. The van der Waals surface area contributed by atoms with Crippen molar-refractivity contribution in [2.24, 2.45) is 0 Å². The maximum absolute atomic E-state index is 6.05. The molecule has 0 spiro atoms. The van der Waals surface area contributed by atoms with Gasteiger partial charge in [-0.25, -0.2) is 0 Å². The highest BCUT2D eigenvalue weighted by Crippen LogP contribution is 2.21. The average molecular weight is 358 g/mol. The first-order valence-electron chi connectivity index (χ1n) is 10.3. The van der Waals surface area contributed by atoms with Crippen LogP contribution in [0.1, 0.15) is 68.9 Å². The van der Waals surface area contributed by atoms with Gasteiger partial charge >= 0.3 is 0 Å². The van der Waals surface area contributed by atoms with Crippen molar-refractivity contribution in [2.75, 3.05) is 20.7 Å². The molecule has 0 radical (unpaired) electrons. The molecule has 0 heterocycles. The molecular formula is C24H39NO. The molecule has 0 aliphatic heterocycles. The first kappa shape index (κ1) is 22.5. The number of hydrogen-bond acceptors (Lipinski definition) is 2. The van der Waals surface area contributed by atoms with Gasteiger partial charge in [-0.3, -0.25) is 0 Å². The highest BCUT2D eigenvalue weighted by atomic mass is 16.5. The lowest BCUT2D eigenvalue weighted by Gasteiger charge is -2.14. The van der Waals surface area contributed by atoms with Crippen LogP contribution < -0.4 is 4.74 Å². The van der Waals surface area contributed by atoms with Gasteiger partial charge < -0.3 is 9.64 Å². The van der Waals surface area contributed by atoms with Gasteiger partial charge in [0.25, 0.3) is 0 Å². The predicted molar refractivity (Wildman–Crippen MR) is 115 cm³/mol. The summed E-state index contributed by atoms with van der Waals surface area (Å²) in [4.78, 5) is 2.22. The average Bonchev–Trinajstić information content (AvgIpc) is 2.60. The van der Waals surface area contributed by atoms with Gasteiger partial charge in [0.15, 0.2) is 0 Å². The van der Waals surface area contributed by atoms with Crippen LogP contribution in [0.5, 0.6) is 5.75 Å². The van der Waals surface area contributed by atoms with Crippen LogP contribution in [0.4, 0.5) is 0 Å². The summed E-state index contributed by atoms with van der Waals surface area (Å²) in [7, 11) is 4.23. The van der Waals surface area contributed by atoms with Gasteiger partial charge in [-0.2, -0.15) is 0 Å². The third-order valence-electron chi connectivity index (χ3n) is 4.47. The molecule has 0 unspecified atom stereocenters. The normalized spacial score (nSPS) is 10.9. The number of rotatable bonds is 16. The van der Waals surface area contributed by atoms with E-state index in [-0.39, 0.29) is 0 Å². The van der Waals surface area contributed by atoms with Gasteiger partial charge in [0.05, 0.1) is 6.61 Å². The van der Waals surface area contributed by atoms with E-state index in [2.05, 4.69) is 50.4 Å². The molecule has 0 saturated carbocycles. The zero-order chi connectivity index (χ0) is 19.0. The summed E-state index contributed by atoms with van der Waals surface area (Å²) in [6.45, 7) is 9.34. The molecule has 0 N–H and O–H groups in total. The number of benzene rings is 1. The van der Waals surface area contributed by atoms with Crippen LogP contribution in [0, 0.1) is 0 Å². The molecule has 0 bridgehead atoms. The fraction of sp³-hybridized carbons (Fsp3) is 0.583. The van der Waals surface area contributed by atoms with Crippen LogP contribution in [0.25, 0.3) is 0 Å². The van der Waals surface area contributed by atoms with Gasteiger partial charge in [0.2, 0.25) is 0 Å². The quantitative estimate of drug-likeness (QED) is 0.245. The van der Waals surface area contributed by atoms with E-state index in [1.54, 1.807) is 0 Å². The first-order valence-corrected chi connectivity index (χ1v) is 10.3. The van der Waals surface area contributed by atoms with Crippen LogP contribution in [0.3, 0.4) is 0 Å². The Bertz CT molecular complexity index is 469. The Balaban J connectivity index is 2.50. The largest absolute Gasteiger partial charge is 0.494 e. The standard InChI is InChI=1S/C24H39NO/c1-5-7-9-11-12-14-16-22-18-23(21-25(3)4)20-24(19-22)26-17-15-13-10-8-6-2/h5-6,18-20H,1-2,7-17,21H2,3-4H3. The smallest absolute Gasteiger partial charge is 0.119 e. The van der Waals surface area contributed by atoms with Crippen LogP contribution >= 0.6 is 0 Å². The number of unbranched alkanes of at least 4 members (excludes halogenated alkanes) is 7. The molecule has 146 valence electrons. The number of hydrogen-bond donors (Lipinski definition) is 0. The Morgan fingerprint density at radius 2 is 1.42 bits per heavy atom. The van der Waals surface area contributed by atoms with Gasteiger partial charge in [0.1, 0.15) is 5.75 Å². The van der Waals surface area contributed by atoms with Crippen molar-refractivity contribution in [1.82, 2.24) is 4.90 Å². The summed E-state index contributed by atoms with van der Waals surface area (Å²) in [5.74, 6) is 1.04. The van der Waals surface area contributed by atoms with Crippen LogP contribution in [-0.2, 0) is 13.0 Å². The van der Waals surface area contributed by atoms with E-state index in [0.29, 0.717) is 0 Å². The summed E-state index contributed by atoms with van der Waals surface area (Å²) in [6.07, 6.45) is 16.1. The molecule has 0 fully saturated rings. The number of ether oxygens (including phenoxy) is 1. The number of allylic oxidation sites excluding steroid dienone is 2. The Hall–Kier alpha value is -1.54. The minimum absolute atomic E-state index is 0.809. The van der Waals surface area contributed by atoms with Gasteiger partial charge in [-0.1, -0.05) is 31.1 Å². The van der Waals surface area contributed by atoms with Gasteiger partial charge in [0, 0.05) is 6.54 Å². The maximum atomic E-state index is 6.05. The third kappa shape index (κ3) is 11.1. The topological polar surface area (TPSA) is 12.5 Å². The number of aryl methyl sites for hydroxylation is 1. The zero-order valence-corrected chi connectivity index (χ0v) is 17.1. The summed E-state index contributed by atoms with van der Waals surface area (Å²) in [5.41, 5.74) is 2.76. The molecular weight excluding hydrogens is 318 g/mol. The second-order valence-electron chi connectivity index (χ2n) is 7.45. The van der Waals surface area contributed by atoms with Crippen LogP contribution in [0.15, 0.2) is 43.5 Å².